The Bertz CT molecular complexity index is 725. The Hall–Kier alpha value is -1.91. The fourth-order valence-electron chi connectivity index (χ4n) is 4.46. The van der Waals surface area contributed by atoms with Crippen LogP contribution in [0.3, 0.4) is 0 Å². The summed E-state index contributed by atoms with van der Waals surface area (Å²) in [5.74, 6) is 0.556. The minimum Gasteiger partial charge on any atom is -0.360 e. The van der Waals surface area contributed by atoms with Crippen LogP contribution in [0.5, 0.6) is 0 Å². The molecular weight excluding hydrogens is 324 g/mol. The van der Waals surface area contributed by atoms with Crippen LogP contribution in [0, 0.1) is 5.92 Å². The maximum atomic E-state index is 12.9. The fraction of sp³-hybridized carbons (Fsp3) is 0.500. The number of amides is 1. The third-order valence-electron chi connectivity index (χ3n) is 5.84. The second-order valence-electron chi connectivity index (χ2n) is 7.69. The molecule has 1 aliphatic carbocycles. The van der Waals surface area contributed by atoms with Crippen molar-refractivity contribution >= 4 is 5.91 Å². The zero-order valence-corrected chi connectivity index (χ0v) is 15.5. The number of hydrogen-bond donors (Lipinski definition) is 2. The molecule has 4 nitrogen and oxygen atoms in total. The summed E-state index contributed by atoms with van der Waals surface area (Å²) in [6.45, 7) is 3.64. The lowest BCUT2D eigenvalue weighted by Gasteiger charge is -2.38. The lowest BCUT2D eigenvalue weighted by Crippen LogP contribution is -2.52. The first-order valence-electron chi connectivity index (χ1n) is 9.86. The lowest BCUT2D eigenvalue weighted by molar-refractivity contribution is -0.145. The molecule has 3 aliphatic rings. The number of carbonyl (C=O) groups excluding carboxylic acids is 1. The molecule has 1 saturated heterocycles. The molecule has 2 heterocycles. The number of nitrogens with one attached hydrogen (secondary N) is 2. The summed E-state index contributed by atoms with van der Waals surface area (Å²) in [6.07, 6.45) is 9.32. The average Bonchev–Trinajstić information content (AvgIpc) is 2.92. The van der Waals surface area contributed by atoms with Crippen molar-refractivity contribution in [2.24, 2.45) is 5.92 Å². The van der Waals surface area contributed by atoms with E-state index in [0.29, 0.717) is 18.9 Å². The molecule has 1 aromatic carbocycles. The molecule has 0 aromatic heterocycles. The predicted molar refractivity (Wildman–Crippen MR) is 102 cm³/mol. The van der Waals surface area contributed by atoms with Gasteiger partial charge in [0.15, 0.2) is 5.60 Å². The fourth-order valence-corrected chi connectivity index (χ4v) is 4.46. The molecule has 138 valence electrons. The van der Waals surface area contributed by atoms with Gasteiger partial charge in [0.2, 0.25) is 0 Å². The maximum absolute atomic E-state index is 12.9. The molecule has 1 unspecified atom stereocenters. The van der Waals surface area contributed by atoms with Crippen LogP contribution in [0.2, 0.25) is 0 Å². The molecule has 4 heteroatoms. The van der Waals surface area contributed by atoms with E-state index in [2.05, 4.69) is 54.0 Å². The van der Waals surface area contributed by atoms with Gasteiger partial charge in [-0.1, -0.05) is 55.8 Å². The Kier molecular flexibility index (Phi) is 4.96. The molecule has 1 fully saturated rings. The van der Waals surface area contributed by atoms with Gasteiger partial charge in [0.05, 0.1) is 0 Å². The third kappa shape index (κ3) is 3.24. The van der Waals surface area contributed by atoms with Crippen molar-refractivity contribution in [2.45, 2.75) is 57.2 Å². The van der Waals surface area contributed by atoms with Gasteiger partial charge in [-0.05, 0) is 30.7 Å². The standard InChI is InChI=1S/C22H28N2O2/c1-2-6-16-9-10-19-20(13-16)24-21(25)22(19)14-18(11-12-26-22)23-15-17-7-4-3-5-8-17/h3-5,7-10,16,18,23H,2,6,11-15H2,1H3,(H,24,25)/t16?,18-,22+/m1/s1. The maximum Gasteiger partial charge on any atom is 0.261 e. The van der Waals surface area contributed by atoms with Gasteiger partial charge in [-0.15, -0.1) is 0 Å². The highest BCUT2D eigenvalue weighted by atomic mass is 16.5. The Balaban J connectivity index is 1.47. The first kappa shape index (κ1) is 17.5. The normalized spacial score (nSPS) is 30.6. The SMILES string of the molecule is CCCC1C=CC2=C(C1)NC(=O)[C@]21C[C@H](NCc2ccccc2)CCO1. The molecule has 1 spiro atoms. The third-order valence-corrected chi connectivity index (χ3v) is 5.84. The molecule has 3 atom stereocenters. The van der Waals surface area contributed by atoms with Crippen LogP contribution in [0.15, 0.2) is 53.8 Å². The zero-order chi connectivity index (χ0) is 18.0. The molecule has 4 rings (SSSR count). The molecule has 1 aromatic rings. The number of hydrogen-bond acceptors (Lipinski definition) is 3. The largest absolute Gasteiger partial charge is 0.360 e. The van der Waals surface area contributed by atoms with Crippen LogP contribution in [-0.4, -0.2) is 24.2 Å². The van der Waals surface area contributed by atoms with E-state index in [1.807, 2.05) is 6.07 Å². The van der Waals surface area contributed by atoms with Crippen molar-refractivity contribution in [2.75, 3.05) is 6.61 Å². The molecule has 0 radical (unpaired) electrons. The number of rotatable bonds is 5. The zero-order valence-electron chi connectivity index (χ0n) is 15.5. The van der Waals surface area contributed by atoms with Gasteiger partial charge >= 0.3 is 0 Å². The molecule has 26 heavy (non-hydrogen) atoms. The van der Waals surface area contributed by atoms with Crippen molar-refractivity contribution in [1.29, 1.82) is 0 Å². The Morgan fingerprint density at radius 3 is 2.96 bits per heavy atom. The van der Waals surface area contributed by atoms with E-state index in [4.69, 9.17) is 4.74 Å². The second-order valence-corrected chi connectivity index (χ2v) is 7.69. The topological polar surface area (TPSA) is 50.4 Å². The summed E-state index contributed by atoms with van der Waals surface area (Å²) in [5, 5.41) is 6.76. The average molecular weight is 352 g/mol. The number of allylic oxidation sites excluding steroid dienone is 2. The van der Waals surface area contributed by atoms with E-state index in [1.165, 1.54) is 12.0 Å². The summed E-state index contributed by atoms with van der Waals surface area (Å²) in [6, 6.07) is 10.7. The van der Waals surface area contributed by atoms with Gasteiger partial charge in [0, 0.05) is 36.9 Å². The van der Waals surface area contributed by atoms with Crippen LogP contribution in [0.1, 0.15) is 44.6 Å². The van der Waals surface area contributed by atoms with E-state index in [0.717, 1.165) is 37.1 Å². The van der Waals surface area contributed by atoms with Crippen molar-refractivity contribution in [3.63, 3.8) is 0 Å². The minimum atomic E-state index is -0.796. The molecule has 2 N–H and O–H groups in total. The van der Waals surface area contributed by atoms with E-state index in [9.17, 15) is 4.79 Å². The molecule has 0 saturated carbocycles. The van der Waals surface area contributed by atoms with Crippen LogP contribution in [0.25, 0.3) is 0 Å². The van der Waals surface area contributed by atoms with E-state index in [1.54, 1.807) is 0 Å². The van der Waals surface area contributed by atoms with Gasteiger partial charge in [-0.3, -0.25) is 4.79 Å². The van der Waals surface area contributed by atoms with Gasteiger partial charge in [-0.2, -0.15) is 0 Å². The Morgan fingerprint density at radius 2 is 2.15 bits per heavy atom. The van der Waals surface area contributed by atoms with Crippen molar-refractivity contribution in [3.05, 3.63) is 59.3 Å². The van der Waals surface area contributed by atoms with Crippen molar-refractivity contribution in [1.82, 2.24) is 10.6 Å². The van der Waals surface area contributed by atoms with Crippen molar-refractivity contribution < 1.29 is 9.53 Å². The number of fused-ring (bicyclic) bond motifs is 1. The highest BCUT2D eigenvalue weighted by Crippen LogP contribution is 2.42. The monoisotopic (exact) mass is 352 g/mol. The minimum absolute atomic E-state index is 0.0236. The molecule has 1 amide bonds. The van der Waals surface area contributed by atoms with Crippen LogP contribution < -0.4 is 10.6 Å². The van der Waals surface area contributed by atoms with Crippen LogP contribution in [0.4, 0.5) is 0 Å². The quantitative estimate of drug-likeness (QED) is 0.853. The summed E-state index contributed by atoms with van der Waals surface area (Å²) >= 11 is 0. The number of benzene rings is 1. The molecule has 2 aliphatic heterocycles. The van der Waals surface area contributed by atoms with Gasteiger partial charge in [0.25, 0.3) is 5.91 Å². The highest BCUT2D eigenvalue weighted by molar-refractivity contribution is 5.95. The Labute approximate surface area is 155 Å². The van der Waals surface area contributed by atoms with Gasteiger partial charge < -0.3 is 15.4 Å². The summed E-state index contributed by atoms with van der Waals surface area (Å²) in [5.41, 5.74) is 2.62. The van der Waals surface area contributed by atoms with E-state index in [-0.39, 0.29) is 11.9 Å². The number of ether oxygens (including phenoxy) is 1. The highest BCUT2D eigenvalue weighted by Gasteiger charge is 2.52. The summed E-state index contributed by atoms with van der Waals surface area (Å²) in [7, 11) is 0. The molecule has 0 bridgehead atoms. The predicted octanol–water partition coefficient (Wildman–Crippen LogP) is 3.45. The Morgan fingerprint density at radius 1 is 1.31 bits per heavy atom. The van der Waals surface area contributed by atoms with E-state index >= 15 is 0 Å². The first-order valence-corrected chi connectivity index (χ1v) is 9.86. The van der Waals surface area contributed by atoms with Crippen LogP contribution >= 0.6 is 0 Å². The lowest BCUT2D eigenvalue weighted by atomic mass is 9.80. The van der Waals surface area contributed by atoms with Crippen molar-refractivity contribution in [3.8, 4) is 0 Å². The smallest absolute Gasteiger partial charge is 0.261 e. The summed E-state index contributed by atoms with van der Waals surface area (Å²) in [4.78, 5) is 12.9. The van der Waals surface area contributed by atoms with E-state index < -0.39 is 5.60 Å². The van der Waals surface area contributed by atoms with Crippen LogP contribution in [-0.2, 0) is 16.1 Å². The number of carbonyl (C=O) groups is 1. The first-order chi connectivity index (χ1) is 12.7. The molecular formula is C22H28N2O2. The van der Waals surface area contributed by atoms with Gasteiger partial charge in [-0.25, -0.2) is 0 Å². The second kappa shape index (κ2) is 7.37. The van der Waals surface area contributed by atoms with Gasteiger partial charge in [0.1, 0.15) is 0 Å². The summed E-state index contributed by atoms with van der Waals surface area (Å²) < 4.78 is 6.12.